The second kappa shape index (κ2) is 6.20. The summed E-state index contributed by atoms with van der Waals surface area (Å²) in [5.41, 5.74) is 2.39. The van der Waals surface area contributed by atoms with Crippen molar-refractivity contribution in [3.05, 3.63) is 65.7 Å². The SMILES string of the molecule is COc1ccc(C2=NOC[C@@]2(CO)Cc2ccccc2)cc1. The molecule has 4 nitrogen and oxygen atoms in total. The van der Waals surface area contributed by atoms with E-state index >= 15 is 0 Å². The maximum atomic E-state index is 10.0. The summed E-state index contributed by atoms with van der Waals surface area (Å²) in [6.07, 6.45) is 0.690. The summed E-state index contributed by atoms with van der Waals surface area (Å²) in [5, 5.41) is 14.2. The lowest BCUT2D eigenvalue weighted by atomic mass is 9.76. The molecule has 0 amide bonds. The van der Waals surface area contributed by atoms with Gasteiger partial charge in [0.15, 0.2) is 0 Å². The summed E-state index contributed by atoms with van der Waals surface area (Å²) in [7, 11) is 1.64. The predicted molar refractivity (Wildman–Crippen MR) is 85.1 cm³/mol. The molecule has 1 N–H and O–H groups in total. The first-order chi connectivity index (χ1) is 10.8. The van der Waals surface area contributed by atoms with Crippen LogP contribution in [-0.2, 0) is 11.3 Å². The van der Waals surface area contributed by atoms with E-state index in [1.165, 1.54) is 0 Å². The van der Waals surface area contributed by atoms with Crippen LogP contribution >= 0.6 is 0 Å². The molecule has 1 atom stereocenters. The summed E-state index contributed by atoms with van der Waals surface area (Å²) in [4.78, 5) is 5.34. The predicted octanol–water partition coefficient (Wildman–Crippen LogP) is 2.65. The number of aliphatic hydroxyl groups is 1. The molecule has 0 spiro atoms. The first-order valence-corrected chi connectivity index (χ1v) is 7.27. The quantitative estimate of drug-likeness (QED) is 0.923. The van der Waals surface area contributed by atoms with Crippen molar-refractivity contribution in [3.63, 3.8) is 0 Å². The van der Waals surface area contributed by atoms with Crippen LogP contribution < -0.4 is 4.74 Å². The Kier molecular flexibility index (Phi) is 4.11. The number of ether oxygens (including phenoxy) is 1. The zero-order valence-corrected chi connectivity index (χ0v) is 12.5. The maximum absolute atomic E-state index is 10.0. The van der Waals surface area contributed by atoms with Crippen molar-refractivity contribution >= 4 is 5.71 Å². The van der Waals surface area contributed by atoms with E-state index in [1.807, 2.05) is 42.5 Å². The van der Waals surface area contributed by atoms with Crippen LogP contribution in [0.2, 0.25) is 0 Å². The van der Waals surface area contributed by atoms with E-state index in [1.54, 1.807) is 7.11 Å². The molecule has 1 heterocycles. The highest BCUT2D eigenvalue weighted by Crippen LogP contribution is 2.33. The Morgan fingerprint density at radius 2 is 1.86 bits per heavy atom. The van der Waals surface area contributed by atoms with Gasteiger partial charge in [-0.15, -0.1) is 0 Å². The molecule has 0 saturated heterocycles. The molecule has 22 heavy (non-hydrogen) atoms. The zero-order valence-electron chi connectivity index (χ0n) is 12.5. The topological polar surface area (TPSA) is 51.0 Å². The van der Waals surface area contributed by atoms with Crippen LogP contribution in [0.1, 0.15) is 11.1 Å². The lowest BCUT2D eigenvalue weighted by molar-refractivity contribution is 0.0821. The molecule has 1 aliphatic heterocycles. The number of methoxy groups -OCH3 is 1. The third-order valence-electron chi connectivity index (χ3n) is 4.05. The minimum atomic E-state index is -0.504. The van der Waals surface area contributed by atoms with Gasteiger partial charge in [-0.3, -0.25) is 0 Å². The molecule has 0 radical (unpaired) electrons. The molecule has 0 aromatic heterocycles. The monoisotopic (exact) mass is 297 g/mol. The van der Waals surface area contributed by atoms with Crippen molar-refractivity contribution in [1.29, 1.82) is 0 Å². The van der Waals surface area contributed by atoms with Gasteiger partial charge < -0.3 is 14.7 Å². The summed E-state index contributed by atoms with van der Waals surface area (Å²) in [6.45, 7) is 0.381. The lowest BCUT2D eigenvalue weighted by Crippen LogP contribution is -2.38. The molecule has 0 bridgehead atoms. The van der Waals surface area contributed by atoms with Gasteiger partial charge in [-0.1, -0.05) is 35.5 Å². The highest BCUT2D eigenvalue weighted by atomic mass is 16.6. The van der Waals surface area contributed by atoms with Gasteiger partial charge in [-0.25, -0.2) is 0 Å². The highest BCUT2D eigenvalue weighted by molar-refractivity contribution is 6.05. The maximum Gasteiger partial charge on any atom is 0.131 e. The molecule has 0 fully saturated rings. The second-order valence-corrected chi connectivity index (χ2v) is 5.54. The number of hydrogen-bond acceptors (Lipinski definition) is 4. The average Bonchev–Trinajstić information content (AvgIpc) is 3.00. The Morgan fingerprint density at radius 1 is 1.14 bits per heavy atom. The van der Waals surface area contributed by atoms with Crippen LogP contribution in [0.4, 0.5) is 0 Å². The van der Waals surface area contributed by atoms with E-state index < -0.39 is 5.41 Å². The largest absolute Gasteiger partial charge is 0.497 e. The van der Waals surface area contributed by atoms with Gasteiger partial charge in [0, 0.05) is 5.56 Å². The van der Waals surface area contributed by atoms with Crippen LogP contribution in [-0.4, -0.2) is 31.1 Å². The molecular weight excluding hydrogens is 278 g/mol. The molecule has 0 saturated carbocycles. The number of rotatable bonds is 5. The Balaban J connectivity index is 1.91. The average molecular weight is 297 g/mol. The standard InChI is InChI=1S/C18H19NO3/c1-21-16-9-7-15(8-10-16)17-18(12-20,13-22-19-17)11-14-5-3-2-4-6-14/h2-10,20H,11-13H2,1H3/t18-/m0/s1. The van der Waals surface area contributed by atoms with Gasteiger partial charge in [-0.05, 0) is 36.2 Å². The fourth-order valence-corrected chi connectivity index (χ4v) is 2.79. The van der Waals surface area contributed by atoms with Crippen molar-refractivity contribution < 1.29 is 14.7 Å². The first kappa shape index (κ1) is 14.6. The molecule has 2 aromatic rings. The number of hydrogen-bond donors (Lipinski definition) is 1. The van der Waals surface area contributed by atoms with Gasteiger partial charge in [-0.2, -0.15) is 0 Å². The molecule has 1 aliphatic rings. The smallest absolute Gasteiger partial charge is 0.131 e. The molecule has 114 valence electrons. The van der Waals surface area contributed by atoms with Crippen molar-refractivity contribution in [2.24, 2.45) is 10.6 Å². The normalized spacial score (nSPS) is 20.4. The molecule has 0 unspecified atom stereocenters. The third kappa shape index (κ3) is 2.70. The Bertz CT molecular complexity index is 652. The van der Waals surface area contributed by atoms with E-state index in [0.717, 1.165) is 22.6 Å². The van der Waals surface area contributed by atoms with Crippen LogP contribution in [0.5, 0.6) is 5.75 Å². The van der Waals surface area contributed by atoms with Gasteiger partial charge in [0.1, 0.15) is 12.4 Å². The van der Waals surface area contributed by atoms with E-state index in [2.05, 4.69) is 17.3 Å². The Morgan fingerprint density at radius 3 is 2.50 bits per heavy atom. The minimum absolute atomic E-state index is 0.00719. The number of oxime groups is 1. The summed E-state index contributed by atoms with van der Waals surface area (Å²) >= 11 is 0. The van der Waals surface area contributed by atoms with Crippen LogP contribution in [0, 0.1) is 5.41 Å². The van der Waals surface area contributed by atoms with Crippen molar-refractivity contribution in [1.82, 2.24) is 0 Å². The summed E-state index contributed by atoms with van der Waals surface area (Å²) in [6, 6.07) is 17.8. The van der Waals surface area contributed by atoms with Crippen LogP contribution in [0.25, 0.3) is 0 Å². The van der Waals surface area contributed by atoms with Gasteiger partial charge in [0.05, 0.1) is 24.8 Å². The Hall–Kier alpha value is -2.33. The van der Waals surface area contributed by atoms with E-state index in [4.69, 9.17) is 9.57 Å². The van der Waals surface area contributed by atoms with Crippen molar-refractivity contribution in [3.8, 4) is 5.75 Å². The van der Waals surface area contributed by atoms with Gasteiger partial charge in [0.2, 0.25) is 0 Å². The molecule has 3 rings (SSSR count). The van der Waals surface area contributed by atoms with E-state index in [9.17, 15) is 5.11 Å². The second-order valence-electron chi connectivity index (χ2n) is 5.54. The third-order valence-corrected chi connectivity index (χ3v) is 4.05. The fourth-order valence-electron chi connectivity index (χ4n) is 2.79. The van der Waals surface area contributed by atoms with Crippen LogP contribution in [0.3, 0.4) is 0 Å². The molecule has 0 aliphatic carbocycles. The summed E-state index contributed by atoms with van der Waals surface area (Å²) < 4.78 is 5.19. The number of aliphatic hydroxyl groups excluding tert-OH is 1. The fraction of sp³-hybridized carbons (Fsp3) is 0.278. The molecule has 2 aromatic carbocycles. The zero-order chi connectivity index (χ0) is 15.4. The summed E-state index contributed by atoms with van der Waals surface area (Å²) in [5.74, 6) is 0.793. The van der Waals surface area contributed by atoms with Crippen LogP contribution in [0.15, 0.2) is 59.8 Å². The minimum Gasteiger partial charge on any atom is -0.497 e. The number of benzene rings is 2. The molecule has 4 heteroatoms. The highest BCUT2D eigenvalue weighted by Gasteiger charge is 2.42. The van der Waals surface area contributed by atoms with Gasteiger partial charge >= 0.3 is 0 Å². The van der Waals surface area contributed by atoms with E-state index in [-0.39, 0.29) is 6.61 Å². The lowest BCUT2D eigenvalue weighted by Gasteiger charge is -2.26. The van der Waals surface area contributed by atoms with E-state index in [0.29, 0.717) is 13.0 Å². The molecular formula is C18H19NO3. The van der Waals surface area contributed by atoms with Crippen molar-refractivity contribution in [2.75, 3.05) is 20.3 Å². The number of nitrogens with zero attached hydrogens (tertiary/aromatic N) is 1. The van der Waals surface area contributed by atoms with Gasteiger partial charge in [0.25, 0.3) is 0 Å². The first-order valence-electron chi connectivity index (χ1n) is 7.27. The van der Waals surface area contributed by atoms with Crippen molar-refractivity contribution in [2.45, 2.75) is 6.42 Å². The Labute approximate surface area is 130 Å².